The molecule has 0 fully saturated rings. The van der Waals surface area contributed by atoms with E-state index in [2.05, 4.69) is 0 Å². The van der Waals surface area contributed by atoms with Crippen molar-refractivity contribution in [2.24, 2.45) is 0 Å². The monoisotopic (exact) mass is 339 g/mol. The molecule has 0 atom stereocenters. The minimum absolute atomic E-state index is 0.00448. The van der Waals surface area contributed by atoms with Crippen LogP contribution in [-0.2, 0) is 0 Å². The molecule has 1 N–H and O–H groups in total. The second-order valence-corrected chi connectivity index (χ2v) is 5.60. The van der Waals surface area contributed by atoms with Gasteiger partial charge in [0, 0.05) is 11.0 Å². The van der Waals surface area contributed by atoms with Gasteiger partial charge >= 0.3 is 5.97 Å². The van der Waals surface area contributed by atoms with Crippen molar-refractivity contribution < 1.29 is 19.6 Å². The molecule has 0 spiro atoms. The summed E-state index contributed by atoms with van der Waals surface area (Å²) in [5.74, 6) is -0.687. The molecule has 6 nitrogen and oxygen atoms in total. The molecule has 2 aromatic carbocycles. The number of methoxy groups -OCH3 is 1. The molecule has 0 aliphatic heterocycles. The van der Waals surface area contributed by atoms with Crippen LogP contribution in [0.2, 0.25) is 5.02 Å². The summed E-state index contributed by atoms with van der Waals surface area (Å²) in [7, 11) is 1.52. The van der Waals surface area contributed by atoms with Gasteiger partial charge in [-0.2, -0.15) is 0 Å². The smallest absolute Gasteiger partial charge is 0.338 e. The van der Waals surface area contributed by atoms with Gasteiger partial charge in [0.15, 0.2) is 0 Å². The van der Waals surface area contributed by atoms with Gasteiger partial charge < -0.3 is 9.84 Å². The number of benzene rings is 2. The van der Waals surface area contributed by atoms with Crippen molar-refractivity contribution in [2.75, 3.05) is 7.11 Å². The second kappa shape index (κ2) is 6.67. The molecule has 2 aromatic rings. The van der Waals surface area contributed by atoms with Crippen molar-refractivity contribution >= 4 is 35.0 Å². The van der Waals surface area contributed by atoms with Crippen LogP contribution < -0.4 is 4.74 Å². The van der Waals surface area contributed by atoms with Gasteiger partial charge in [-0.3, -0.25) is 10.1 Å². The number of carbonyl (C=O) groups is 1. The molecule has 0 radical (unpaired) electrons. The molecule has 0 saturated carbocycles. The summed E-state index contributed by atoms with van der Waals surface area (Å²) in [6.07, 6.45) is 0. The number of hydrogen-bond acceptors (Lipinski definition) is 5. The molecular weight excluding hydrogens is 330 g/mol. The van der Waals surface area contributed by atoms with E-state index in [4.69, 9.17) is 16.3 Å². The molecule has 0 aromatic heterocycles. The van der Waals surface area contributed by atoms with Crippen molar-refractivity contribution in [3.8, 4) is 5.75 Å². The summed E-state index contributed by atoms with van der Waals surface area (Å²) in [6, 6.07) is 9.12. The molecular formula is C14H10ClNO5S. The number of halogens is 1. The Morgan fingerprint density at radius 1 is 1.27 bits per heavy atom. The van der Waals surface area contributed by atoms with Crippen molar-refractivity contribution in [1.82, 2.24) is 0 Å². The molecule has 0 aliphatic carbocycles. The molecule has 8 heteroatoms. The maximum absolute atomic E-state index is 11.4. The van der Waals surface area contributed by atoms with Gasteiger partial charge in [-0.25, -0.2) is 4.79 Å². The maximum Gasteiger partial charge on any atom is 0.338 e. The molecule has 0 heterocycles. The van der Waals surface area contributed by atoms with Crippen LogP contribution in [0.1, 0.15) is 10.4 Å². The molecule has 114 valence electrons. The number of hydrogen-bond donors (Lipinski definition) is 1. The SMILES string of the molecule is COc1ccc(Sc2c([N+](=O)[O-])ccc(Cl)c2C(=O)O)cc1. The van der Waals surface area contributed by atoms with Gasteiger partial charge in [-0.15, -0.1) is 0 Å². The maximum atomic E-state index is 11.4. The van der Waals surface area contributed by atoms with Crippen molar-refractivity contribution in [3.05, 3.63) is 57.1 Å². The zero-order valence-corrected chi connectivity index (χ0v) is 12.9. The Bertz CT molecular complexity index is 733. The van der Waals surface area contributed by atoms with Crippen LogP contribution >= 0.6 is 23.4 Å². The number of ether oxygens (including phenoxy) is 1. The van der Waals surface area contributed by atoms with Crippen molar-refractivity contribution in [1.29, 1.82) is 0 Å². The summed E-state index contributed by atoms with van der Waals surface area (Å²) in [5.41, 5.74) is -0.584. The van der Waals surface area contributed by atoms with Gasteiger partial charge in [0.2, 0.25) is 0 Å². The van der Waals surface area contributed by atoms with Gasteiger partial charge in [0.1, 0.15) is 10.6 Å². The number of nitro groups is 1. The lowest BCUT2D eigenvalue weighted by atomic mass is 10.2. The van der Waals surface area contributed by atoms with E-state index >= 15 is 0 Å². The quantitative estimate of drug-likeness (QED) is 0.651. The predicted molar refractivity (Wildman–Crippen MR) is 82.2 cm³/mol. The largest absolute Gasteiger partial charge is 0.497 e. The Kier molecular flexibility index (Phi) is 4.89. The Labute approximate surface area is 134 Å². The first-order chi connectivity index (χ1) is 10.4. The highest BCUT2D eigenvalue weighted by molar-refractivity contribution is 7.99. The first-order valence-corrected chi connectivity index (χ1v) is 7.15. The van der Waals surface area contributed by atoms with Crippen LogP contribution in [0.15, 0.2) is 46.2 Å². The Morgan fingerprint density at radius 3 is 2.41 bits per heavy atom. The number of nitrogens with zero attached hydrogens (tertiary/aromatic N) is 1. The predicted octanol–water partition coefficient (Wildman–Crippen LogP) is 4.11. The summed E-state index contributed by atoms with van der Waals surface area (Å²) >= 11 is 6.85. The van der Waals surface area contributed by atoms with Gasteiger partial charge in [0.25, 0.3) is 5.69 Å². The van der Waals surface area contributed by atoms with Gasteiger partial charge in [-0.05, 0) is 30.3 Å². The number of carboxylic acid groups (broad SMARTS) is 1. The molecule has 0 amide bonds. The van der Waals surface area contributed by atoms with Crippen LogP contribution in [-0.4, -0.2) is 23.1 Å². The highest BCUT2D eigenvalue weighted by atomic mass is 35.5. The Balaban J connectivity index is 2.53. The molecule has 0 bridgehead atoms. The highest BCUT2D eigenvalue weighted by Gasteiger charge is 2.25. The average molecular weight is 340 g/mol. The fraction of sp³-hybridized carbons (Fsp3) is 0.0714. The standard InChI is InChI=1S/C14H10ClNO5S/c1-21-8-2-4-9(5-3-8)22-13-11(16(19)20)7-6-10(15)12(13)14(17)18/h2-7H,1H3,(H,17,18). The van der Waals surface area contributed by atoms with E-state index in [1.165, 1.54) is 19.2 Å². The summed E-state index contributed by atoms with van der Waals surface area (Å²) in [4.78, 5) is 22.5. The summed E-state index contributed by atoms with van der Waals surface area (Å²) < 4.78 is 5.03. The fourth-order valence-corrected chi connectivity index (χ4v) is 3.10. The molecule has 0 aliphatic rings. The van der Waals surface area contributed by atoms with Crippen LogP contribution in [0.25, 0.3) is 0 Å². The van der Waals surface area contributed by atoms with E-state index in [1.54, 1.807) is 24.3 Å². The van der Waals surface area contributed by atoms with E-state index < -0.39 is 10.9 Å². The van der Waals surface area contributed by atoms with Crippen LogP contribution in [0.4, 0.5) is 5.69 Å². The number of aromatic carboxylic acids is 1. The number of carboxylic acids is 1. The normalized spacial score (nSPS) is 10.3. The summed E-state index contributed by atoms with van der Waals surface area (Å²) in [5, 5.41) is 20.4. The van der Waals surface area contributed by atoms with Crippen LogP contribution in [0, 0.1) is 10.1 Å². The van der Waals surface area contributed by atoms with E-state index in [1.807, 2.05) is 0 Å². The minimum Gasteiger partial charge on any atom is -0.497 e. The highest BCUT2D eigenvalue weighted by Crippen LogP contribution is 2.40. The fourth-order valence-electron chi connectivity index (χ4n) is 1.76. The average Bonchev–Trinajstić information content (AvgIpc) is 2.47. The second-order valence-electron chi connectivity index (χ2n) is 4.11. The summed E-state index contributed by atoms with van der Waals surface area (Å²) in [6.45, 7) is 0. The van der Waals surface area contributed by atoms with E-state index in [0.29, 0.717) is 10.6 Å². The van der Waals surface area contributed by atoms with Gasteiger partial charge in [-0.1, -0.05) is 23.4 Å². The van der Waals surface area contributed by atoms with E-state index in [-0.39, 0.29) is 21.2 Å². The topological polar surface area (TPSA) is 89.7 Å². The third-order valence-corrected chi connectivity index (χ3v) is 4.22. The molecule has 0 unspecified atom stereocenters. The number of nitro benzene ring substituents is 1. The van der Waals surface area contributed by atoms with Crippen molar-refractivity contribution in [2.45, 2.75) is 9.79 Å². The zero-order valence-electron chi connectivity index (χ0n) is 11.3. The van der Waals surface area contributed by atoms with Crippen molar-refractivity contribution in [3.63, 3.8) is 0 Å². The molecule has 0 saturated heterocycles. The Morgan fingerprint density at radius 2 is 1.91 bits per heavy atom. The Hall–Kier alpha value is -2.25. The lowest BCUT2D eigenvalue weighted by Crippen LogP contribution is -2.03. The van der Waals surface area contributed by atoms with Crippen LogP contribution in [0.5, 0.6) is 5.75 Å². The first-order valence-electron chi connectivity index (χ1n) is 5.96. The van der Waals surface area contributed by atoms with E-state index in [0.717, 1.165) is 11.8 Å². The minimum atomic E-state index is -1.32. The van der Waals surface area contributed by atoms with Crippen LogP contribution in [0.3, 0.4) is 0 Å². The lowest BCUT2D eigenvalue weighted by Gasteiger charge is -2.09. The first kappa shape index (κ1) is 16.1. The van der Waals surface area contributed by atoms with E-state index in [9.17, 15) is 20.0 Å². The third kappa shape index (κ3) is 3.32. The lowest BCUT2D eigenvalue weighted by molar-refractivity contribution is -0.387. The molecule has 22 heavy (non-hydrogen) atoms. The molecule has 2 rings (SSSR count). The zero-order chi connectivity index (χ0) is 16.3. The third-order valence-electron chi connectivity index (χ3n) is 2.78. The number of rotatable bonds is 5. The van der Waals surface area contributed by atoms with Gasteiger partial charge in [0.05, 0.1) is 22.6 Å².